The molecule has 4 nitrogen and oxygen atoms in total. The average Bonchev–Trinajstić information content (AvgIpc) is 2.93. The summed E-state index contributed by atoms with van der Waals surface area (Å²) in [6, 6.07) is 12.0. The second kappa shape index (κ2) is 5.29. The highest BCUT2D eigenvalue weighted by atomic mass is 14.9. The van der Waals surface area contributed by atoms with Crippen molar-refractivity contribution in [2.24, 2.45) is 0 Å². The number of aromatic nitrogens is 2. The zero-order valence-corrected chi connectivity index (χ0v) is 12.1. The molecule has 0 atom stereocenters. The molecule has 104 valence electrons. The number of rotatable bonds is 3. The monoisotopic (exact) mass is 276 g/mol. The number of hydrogen-bond acceptors (Lipinski definition) is 3. The van der Waals surface area contributed by atoms with Gasteiger partial charge in [0.15, 0.2) is 0 Å². The Morgan fingerprint density at radius 3 is 2.86 bits per heavy atom. The first-order chi connectivity index (χ1) is 10.2. The number of nitriles is 1. The minimum Gasteiger partial charge on any atom is -0.384 e. The van der Waals surface area contributed by atoms with Crippen molar-refractivity contribution < 1.29 is 0 Å². The zero-order chi connectivity index (χ0) is 14.8. The van der Waals surface area contributed by atoms with E-state index in [9.17, 15) is 0 Å². The molecular weight excluding hydrogens is 260 g/mol. The third-order valence-corrected chi connectivity index (χ3v) is 3.56. The summed E-state index contributed by atoms with van der Waals surface area (Å²) in [4.78, 5) is 7.86. The highest BCUT2D eigenvalue weighted by molar-refractivity contribution is 5.97. The van der Waals surface area contributed by atoms with Gasteiger partial charge in [-0.3, -0.25) is 4.98 Å². The Labute approximate surface area is 123 Å². The fourth-order valence-electron chi connectivity index (χ4n) is 2.55. The van der Waals surface area contributed by atoms with Gasteiger partial charge in [-0.2, -0.15) is 5.26 Å². The van der Waals surface area contributed by atoms with Crippen LogP contribution in [0.15, 0.2) is 36.5 Å². The van der Waals surface area contributed by atoms with Crippen LogP contribution in [0, 0.1) is 18.3 Å². The molecule has 4 heteroatoms. The molecule has 0 radical (unpaired) electrons. The van der Waals surface area contributed by atoms with Crippen LogP contribution in [0.4, 0.5) is 5.69 Å². The molecule has 0 aliphatic rings. The van der Waals surface area contributed by atoms with Gasteiger partial charge < -0.3 is 10.3 Å². The Balaban J connectivity index is 2.13. The summed E-state index contributed by atoms with van der Waals surface area (Å²) in [5, 5.41) is 13.5. The number of benzene rings is 1. The standard InChI is InChI=1S/C17H16N4/c1-3-19-15-7-8-16(21-11(15)2)14-10-20-17-12(9-18)5-4-6-13(14)17/h4-8,10,19-20H,3H2,1-2H3. The Kier molecular flexibility index (Phi) is 3.33. The van der Waals surface area contributed by atoms with E-state index in [1.807, 2.05) is 43.5 Å². The van der Waals surface area contributed by atoms with Gasteiger partial charge in [-0.05, 0) is 32.0 Å². The first kappa shape index (κ1) is 13.2. The molecule has 2 aromatic heterocycles. The largest absolute Gasteiger partial charge is 0.384 e. The molecule has 2 N–H and O–H groups in total. The summed E-state index contributed by atoms with van der Waals surface area (Å²) >= 11 is 0. The normalized spacial score (nSPS) is 10.5. The van der Waals surface area contributed by atoms with E-state index < -0.39 is 0 Å². The Bertz CT molecular complexity index is 840. The first-order valence-corrected chi connectivity index (χ1v) is 6.96. The zero-order valence-electron chi connectivity index (χ0n) is 12.1. The number of nitrogens with zero attached hydrogens (tertiary/aromatic N) is 2. The number of nitrogens with one attached hydrogen (secondary N) is 2. The lowest BCUT2D eigenvalue weighted by atomic mass is 10.1. The minimum atomic E-state index is 0.653. The van der Waals surface area contributed by atoms with Crippen LogP contribution in [-0.4, -0.2) is 16.5 Å². The molecule has 3 rings (SSSR count). The number of para-hydroxylation sites is 1. The highest BCUT2D eigenvalue weighted by Crippen LogP contribution is 2.30. The van der Waals surface area contributed by atoms with E-state index in [0.29, 0.717) is 5.56 Å². The molecule has 3 aromatic rings. The number of anilines is 1. The second-order valence-corrected chi connectivity index (χ2v) is 4.90. The topological polar surface area (TPSA) is 64.5 Å². The van der Waals surface area contributed by atoms with E-state index in [-0.39, 0.29) is 0 Å². The van der Waals surface area contributed by atoms with Crippen molar-refractivity contribution in [2.75, 3.05) is 11.9 Å². The van der Waals surface area contributed by atoms with Crippen molar-refractivity contribution >= 4 is 16.6 Å². The quantitative estimate of drug-likeness (QED) is 0.763. The SMILES string of the molecule is CCNc1ccc(-c2c[nH]c3c(C#N)cccc23)nc1C. The van der Waals surface area contributed by atoms with Gasteiger partial charge in [0.1, 0.15) is 6.07 Å². The number of H-pyrrole nitrogens is 1. The van der Waals surface area contributed by atoms with E-state index in [0.717, 1.165) is 40.1 Å². The van der Waals surface area contributed by atoms with Crippen LogP contribution in [0.1, 0.15) is 18.2 Å². The molecule has 0 aliphatic heterocycles. The Hall–Kier alpha value is -2.80. The van der Waals surface area contributed by atoms with Gasteiger partial charge in [0.25, 0.3) is 0 Å². The van der Waals surface area contributed by atoms with E-state index in [1.165, 1.54) is 0 Å². The second-order valence-electron chi connectivity index (χ2n) is 4.90. The highest BCUT2D eigenvalue weighted by Gasteiger charge is 2.11. The molecule has 0 amide bonds. The Morgan fingerprint density at radius 1 is 1.29 bits per heavy atom. The summed E-state index contributed by atoms with van der Waals surface area (Å²) in [6.07, 6.45) is 1.92. The molecular formula is C17H16N4. The van der Waals surface area contributed by atoms with Crippen LogP contribution in [0.2, 0.25) is 0 Å². The summed E-state index contributed by atoms with van der Waals surface area (Å²) in [7, 11) is 0. The maximum Gasteiger partial charge on any atom is 0.101 e. The lowest BCUT2D eigenvalue weighted by Gasteiger charge is -2.08. The number of aryl methyl sites for hydroxylation is 1. The predicted octanol–water partition coefficient (Wildman–Crippen LogP) is 3.84. The summed E-state index contributed by atoms with van der Waals surface area (Å²) in [5.41, 5.74) is 5.48. The van der Waals surface area contributed by atoms with Crippen molar-refractivity contribution in [3.63, 3.8) is 0 Å². The predicted molar refractivity (Wildman–Crippen MR) is 85.1 cm³/mol. The molecule has 0 saturated carbocycles. The molecule has 0 aliphatic carbocycles. The van der Waals surface area contributed by atoms with Gasteiger partial charge in [0, 0.05) is 23.7 Å². The molecule has 0 unspecified atom stereocenters. The van der Waals surface area contributed by atoms with Gasteiger partial charge in [-0.15, -0.1) is 0 Å². The maximum atomic E-state index is 9.16. The molecule has 21 heavy (non-hydrogen) atoms. The van der Waals surface area contributed by atoms with E-state index in [4.69, 9.17) is 5.26 Å². The van der Waals surface area contributed by atoms with Crippen LogP contribution in [-0.2, 0) is 0 Å². The fourth-order valence-corrected chi connectivity index (χ4v) is 2.55. The smallest absolute Gasteiger partial charge is 0.101 e. The van der Waals surface area contributed by atoms with E-state index in [1.54, 1.807) is 0 Å². The van der Waals surface area contributed by atoms with E-state index in [2.05, 4.69) is 28.3 Å². The van der Waals surface area contributed by atoms with Crippen LogP contribution in [0.3, 0.4) is 0 Å². The van der Waals surface area contributed by atoms with Crippen LogP contribution >= 0.6 is 0 Å². The number of aromatic amines is 1. The van der Waals surface area contributed by atoms with Gasteiger partial charge >= 0.3 is 0 Å². The van der Waals surface area contributed by atoms with Crippen LogP contribution in [0.25, 0.3) is 22.2 Å². The van der Waals surface area contributed by atoms with Crippen LogP contribution in [0.5, 0.6) is 0 Å². The lowest BCUT2D eigenvalue weighted by Crippen LogP contribution is -2.00. The summed E-state index contributed by atoms with van der Waals surface area (Å²) in [5.74, 6) is 0. The molecule has 0 saturated heterocycles. The molecule has 0 fully saturated rings. The van der Waals surface area contributed by atoms with Crippen molar-refractivity contribution in [1.29, 1.82) is 5.26 Å². The molecule has 2 heterocycles. The van der Waals surface area contributed by atoms with Crippen molar-refractivity contribution in [1.82, 2.24) is 9.97 Å². The molecule has 1 aromatic carbocycles. The lowest BCUT2D eigenvalue weighted by molar-refractivity contribution is 1.15. The first-order valence-electron chi connectivity index (χ1n) is 6.96. The van der Waals surface area contributed by atoms with E-state index >= 15 is 0 Å². The number of hydrogen-bond donors (Lipinski definition) is 2. The fraction of sp³-hybridized carbons (Fsp3) is 0.176. The van der Waals surface area contributed by atoms with Gasteiger partial charge in [0.05, 0.1) is 28.2 Å². The van der Waals surface area contributed by atoms with Crippen molar-refractivity contribution in [2.45, 2.75) is 13.8 Å². The molecule has 0 bridgehead atoms. The summed E-state index contributed by atoms with van der Waals surface area (Å²) < 4.78 is 0. The third kappa shape index (κ3) is 2.23. The minimum absolute atomic E-state index is 0.653. The third-order valence-electron chi connectivity index (χ3n) is 3.56. The van der Waals surface area contributed by atoms with Gasteiger partial charge in [0.2, 0.25) is 0 Å². The van der Waals surface area contributed by atoms with Crippen LogP contribution < -0.4 is 5.32 Å². The van der Waals surface area contributed by atoms with Crippen molar-refractivity contribution in [3.05, 3.63) is 47.8 Å². The van der Waals surface area contributed by atoms with Gasteiger partial charge in [-0.25, -0.2) is 0 Å². The average molecular weight is 276 g/mol. The Morgan fingerprint density at radius 2 is 2.14 bits per heavy atom. The van der Waals surface area contributed by atoms with Gasteiger partial charge in [-0.1, -0.05) is 12.1 Å². The number of pyridine rings is 1. The van der Waals surface area contributed by atoms with Crippen molar-refractivity contribution in [3.8, 4) is 17.3 Å². The number of fused-ring (bicyclic) bond motifs is 1. The maximum absolute atomic E-state index is 9.16. The summed E-state index contributed by atoms with van der Waals surface area (Å²) in [6.45, 7) is 4.94. The molecule has 0 spiro atoms.